The lowest BCUT2D eigenvalue weighted by Crippen LogP contribution is -2.45. The van der Waals surface area contributed by atoms with Gasteiger partial charge in [0.15, 0.2) is 12.2 Å². The van der Waals surface area contributed by atoms with Crippen LogP contribution < -0.4 is 5.73 Å². The lowest BCUT2D eigenvalue weighted by atomic mass is 10.1. The van der Waals surface area contributed by atoms with Crippen LogP contribution in [-0.4, -0.2) is 67.5 Å². The van der Waals surface area contributed by atoms with Crippen LogP contribution in [0, 0.1) is 0 Å². The van der Waals surface area contributed by atoms with Crippen molar-refractivity contribution in [3.05, 3.63) is 35.4 Å². The van der Waals surface area contributed by atoms with Crippen molar-refractivity contribution in [3.63, 3.8) is 0 Å². The van der Waals surface area contributed by atoms with Crippen molar-refractivity contribution in [2.45, 2.75) is 31.7 Å². The van der Waals surface area contributed by atoms with E-state index in [4.69, 9.17) is 26.2 Å². The van der Waals surface area contributed by atoms with Gasteiger partial charge in [-0.05, 0) is 18.6 Å². The summed E-state index contributed by atoms with van der Waals surface area (Å²) in [5.74, 6) is -4.11. The van der Waals surface area contributed by atoms with Crippen molar-refractivity contribution in [1.82, 2.24) is 4.90 Å². The highest BCUT2D eigenvalue weighted by molar-refractivity contribution is 6.21. The highest BCUT2D eigenvalue weighted by atomic mass is 16.4. The maximum Gasteiger partial charge on any atom is 0.335 e. The highest BCUT2D eigenvalue weighted by Gasteiger charge is 2.37. The Kier molecular flexibility index (Phi) is 6.74. The molecule has 25 heavy (non-hydrogen) atoms. The molecule has 0 aliphatic carbocycles. The number of hydrogen-bond acceptors (Lipinski definition) is 7. The van der Waals surface area contributed by atoms with E-state index in [-0.39, 0.29) is 11.8 Å². The van der Waals surface area contributed by atoms with Gasteiger partial charge < -0.3 is 26.2 Å². The number of aliphatic carboxylic acids is 2. The molecular weight excluding hydrogens is 336 g/mol. The molecule has 0 fully saturated rings. The number of rotatable bonds is 5. The highest BCUT2D eigenvalue weighted by Crippen LogP contribution is 2.23. The molecule has 3 unspecified atom stereocenters. The van der Waals surface area contributed by atoms with Gasteiger partial charge in [0.25, 0.3) is 11.8 Å². The molecule has 0 aromatic heterocycles. The zero-order valence-electron chi connectivity index (χ0n) is 13.2. The summed E-state index contributed by atoms with van der Waals surface area (Å²) in [5, 5.41) is 32.5. The molecule has 6 N–H and O–H groups in total. The molecule has 1 aliphatic rings. The van der Waals surface area contributed by atoms with Crippen molar-refractivity contribution < 1.29 is 39.6 Å². The lowest BCUT2D eigenvalue weighted by Gasteiger charge is -2.20. The summed E-state index contributed by atoms with van der Waals surface area (Å²) in [4.78, 5) is 44.3. The van der Waals surface area contributed by atoms with Crippen molar-refractivity contribution in [2.24, 2.45) is 5.73 Å². The van der Waals surface area contributed by atoms with Crippen LogP contribution >= 0.6 is 0 Å². The maximum atomic E-state index is 11.8. The molecule has 10 nitrogen and oxygen atoms in total. The number of carbonyl (C=O) groups excluding carboxylic acids is 2. The van der Waals surface area contributed by atoms with Gasteiger partial charge in [-0.1, -0.05) is 19.1 Å². The summed E-state index contributed by atoms with van der Waals surface area (Å²) in [5.41, 5.74) is 6.62. The normalized spacial score (nSPS) is 16.4. The Hall–Kier alpha value is -2.82. The molecule has 0 spiro atoms. The van der Waals surface area contributed by atoms with E-state index in [1.807, 2.05) is 6.92 Å². The molecule has 1 aromatic rings. The molecule has 0 saturated heterocycles. The molecule has 2 amide bonds. The lowest BCUT2D eigenvalue weighted by molar-refractivity contribution is -0.165. The third-order valence-corrected chi connectivity index (χ3v) is 3.38. The van der Waals surface area contributed by atoms with E-state index < -0.39 is 30.3 Å². The minimum atomic E-state index is -2.27. The van der Waals surface area contributed by atoms with Gasteiger partial charge in [0.1, 0.15) is 0 Å². The van der Waals surface area contributed by atoms with Crippen LogP contribution in [0.5, 0.6) is 0 Å². The number of aliphatic hydroxyl groups excluding tert-OH is 2. The predicted molar refractivity (Wildman–Crippen MR) is 82.5 cm³/mol. The van der Waals surface area contributed by atoms with Crippen LogP contribution in [0.3, 0.4) is 0 Å². The zero-order chi connectivity index (χ0) is 19.3. The number of carbonyl (C=O) groups is 4. The zero-order valence-corrected chi connectivity index (χ0v) is 13.2. The summed E-state index contributed by atoms with van der Waals surface area (Å²) in [6, 6.07) is 6.78. The number of hydrogen-bond donors (Lipinski definition) is 5. The number of nitrogens with zero attached hydrogens (tertiary/aromatic N) is 1. The van der Waals surface area contributed by atoms with Crippen LogP contribution in [0.2, 0.25) is 0 Å². The van der Waals surface area contributed by atoms with Gasteiger partial charge in [0.2, 0.25) is 0 Å². The number of imide groups is 1. The third-order valence-electron chi connectivity index (χ3n) is 3.38. The SMILES string of the molecule is CCC(N)N1C(=O)c2ccccc2C1=O.O=C(O)C(O)C(O)C(=O)O. The summed E-state index contributed by atoms with van der Waals surface area (Å²) < 4.78 is 0. The molecule has 3 atom stereocenters. The van der Waals surface area contributed by atoms with Gasteiger partial charge in [-0.25, -0.2) is 9.59 Å². The van der Waals surface area contributed by atoms with E-state index in [1.54, 1.807) is 24.3 Å². The summed E-state index contributed by atoms with van der Waals surface area (Å²) >= 11 is 0. The number of fused-ring (bicyclic) bond motifs is 1. The number of benzene rings is 1. The summed E-state index contributed by atoms with van der Waals surface area (Å²) in [6.07, 6.45) is -4.50. The molecule has 1 aromatic carbocycles. The van der Waals surface area contributed by atoms with Crippen LogP contribution in [-0.2, 0) is 9.59 Å². The molecule has 0 saturated carbocycles. The van der Waals surface area contributed by atoms with Gasteiger partial charge in [0, 0.05) is 0 Å². The third kappa shape index (κ3) is 4.38. The standard InChI is InChI=1S/C11H12N2O2.C4H6O6/c1-2-9(12)13-10(14)7-5-3-4-6-8(7)11(13)15;5-1(3(7)8)2(6)4(9)10/h3-6,9H,2,12H2,1H3;1-2,5-6H,(H,7,8)(H,9,10). The fourth-order valence-corrected chi connectivity index (χ4v) is 1.96. The van der Waals surface area contributed by atoms with E-state index in [0.29, 0.717) is 17.5 Å². The molecule has 2 rings (SSSR count). The molecule has 1 heterocycles. The predicted octanol–water partition coefficient (Wildman–Crippen LogP) is -1.15. The Balaban J connectivity index is 0.000000275. The van der Waals surface area contributed by atoms with E-state index in [9.17, 15) is 19.2 Å². The average Bonchev–Trinajstić information content (AvgIpc) is 2.84. The Morgan fingerprint density at radius 2 is 1.36 bits per heavy atom. The van der Waals surface area contributed by atoms with E-state index in [1.165, 1.54) is 0 Å². The van der Waals surface area contributed by atoms with E-state index in [2.05, 4.69) is 0 Å². The van der Waals surface area contributed by atoms with Gasteiger partial charge in [-0.15, -0.1) is 0 Å². The number of nitrogens with two attached hydrogens (primary N) is 1. The van der Waals surface area contributed by atoms with Crippen molar-refractivity contribution in [1.29, 1.82) is 0 Å². The first-order chi connectivity index (χ1) is 11.6. The average molecular weight is 354 g/mol. The smallest absolute Gasteiger partial charge is 0.335 e. The van der Waals surface area contributed by atoms with Crippen LogP contribution in [0.1, 0.15) is 34.1 Å². The fourth-order valence-electron chi connectivity index (χ4n) is 1.96. The first-order valence-corrected chi connectivity index (χ1v) is 7.17. The van der Waals surface area contributed by atoms with Crippen molar-refractivity contribution >= 4 is 23.8 Å². The molecular formula is C15H18N2O8. The van der Waals surface area contributed by atoms with Gasteiger partial charge in [-0.3, -0.25) is 14.5 Å². The Labute approximate surface area is 142 Å². The van der Waals surface area contributed by atoms with Crippen LogP contribution in [0.4, 0.5) is 0 Å². The molecule has 0 radical (unpaired) electrons. The van der Waals surface area contributed by atoms with E-state index >= 15 is 0 Å². The second-order valence-corrected chi connectivity index (χ2v) is 5.07. The van der Waals surface area contributed by atoms with Crippen molar-refractivity contribution in [2.75, 3.05) is 0 Å². The van der Waals surface area contributed by atoms with Crippen LogP contribution in [0.15, 0.2) is 24.3 Å². The monoisotopic (exact) mass is 354 g/mol. The molecule has 136 valence electrons. The van der Waals surface area contributed by atoms with Crippen molar-refractivity contribution in [3.8, 4) is 0 Å². The molecule has 1 aliphatic heterocycles. The maximum absolute atomic E-state index is 11.8. The molecule has 10 heteroatoms. The topological polar surface area (TPSA) is 178 Å². The fraction of sp³-hybridized carbons (Fsp3) is 0.333. The Morgan fingerprint density at radius 3 is 1.64 bits per heavy atom. The number of carboxylic acid groups (broad SMARTS) is 2. The first kappa shape index (κ1) is 20.2. The summed E-state index contributed by atoms with van der Waals surface area (Å²) in [7, 11) is 0. The Bertz CT molecular complexity index is 637. The van der Waals surface area contributed by atoms with Crippen LogP contribution in [0.25, 0.3) is 0 Å². The summed E-state index contributed by atoms with van der Waals surface area (Å²) in [6.45, 7) is 1.84. The number of carboxylic acids is 2. The minimum absolute atomic E-state index is 0.287. The number of aliphatic hydroxyl groups is 2. The first-order valence-electron chi connectivity index (χ1n) is 7.17. The minimum Gasteiger partial charge on any atom is -0.479 e. The largest absolute Gasteiger partial charge is 0.479 e. The van der Waals surface area contributed by atoms with Gasteiger partial charge in [-0.2, -0.15) is 0 Å². The second-order valence-electron chi connectivity index (χ2n) is 5.07. The van der Waals surface area contributed by atoms with Gasteiger partial charge in [0.05, 0.1) is 17.3 Å². The van der Waals surface area contributed by atoms with Gasteiger partial charge >= 0.3 is 11.9 Å². The van der Waals surface area contributed by atoms with E-state index in [0.717, 1.165) is 4.90 Å². The Morgan fingerprint density at radius 1 is 1.00 bits per heavy atom. The number of amides is 2. The second kappa shape index (κ2) is 8.33. The quantitative estimate of drug-likeness (QED) is 0.408. The molecule has 0 bridgehead atoms.